The summed E-state index contributed by atoms with van der Waals surface area (Å²) < 4.78 is 5.43. The summed E-state index contributed by atoms with van der Waals surface area (Å²) in [6.45, 7) is 6.70. The Hall–Kier alpha value is -2.23. The summed E-state index contributed by atoms with van der Waals surface area (Å²) in [7, 11) is 0. The van der Waals surface area contributed by atoms with Crippen LogP contribution in [-0.2, 0) is 12.8 Å². The number of unbranched alkanes of at least 4 members (excludes halogenated alkanes) is 9. The van der Waals surface area contributed by atoms with Crippen molar-refractivity contribution in [2.75, 3.05) is 0 Å². The summed E-state index contributed by atoms with van der Waals surface area (Å²) in [5.41, 5.74) is 2.34. The van der Waals surface area contributed by atoms with E-state index in [0.29, 0.717) is 11.7 Å². The summed E-state index contributed by atoms with van der Waals surface area (Å²) in [5.74, 6) is 0.780. The van der Waals surface area contributed by atoms with Crippen LogP contribution in [0.1, 0.15) is 113 Å². The molecular formula is C28H42N2O2. The first-order valence-corrected chi connectivity index (χ1v) is 12.7. The molecule has 0 amide bonds. The van der Waals surface area contributed by atoms with Gasteiger partial charge in [0.25, 0.3) is 0 Å². The third kappa shape index (κ3) is 10.4. The predicted molar refractivity (Wildman–Crippen MR) is 132 cm³/mol. The maximum Gasteiger partial charge on any atom is 0.381 e. The van der Waals surface area contributed by atoms with Gasteiger partial charge in [-0.15, -0.1) is 0 Å². The average molecular weight is 439 g/mol. The lowest BCUT2D eigenvalue weighted by molar-refractivity contribution is 0.0721. The van der Waals surface area contributed by atoms with Gasteiger partial charge in [0.2, 0.25) is 5.82 Å². The van der Waals surface area contributed by atoms with Gasteiger partial charge < -0.3 is 4.74 Å². The van der Waals surface area contributed by atoms with Crippen LogP contribution in [0.3, 0.4) is 0 Å². The minimum absolute atomic E-state index is 0.112. The third-order valence-corrected chi connectivity index (χ3v) is 6.12. The first kappa shape index (κ1) is 26.0. The Bertz CT molecular complexity index is 756. The minimum Gasteiger partial charge on any atom is -0.421 e. The smallest absolute Gasteiger partial charge is 0.381 e. The fraction of sp³-hybridized carbons (Fsp3) is 0.607. The van der Waals surface area contributed by atoms with Crippen LogP contribution >= 0.6 is 0 Å². The Kier molecular flexibility index (Phi) is 12.6. The van der Waals surface area contributed by atoms with Crippen molar-refractivity contribution in [1.82, 2.24) is 9.97 Å². The van der Waals surface area contributed by atoms with Crippen molar-refractivity contribution in [2.45, 2.75) is 104 Å². The molecule has 0 saturated heterocycles. The molecule has 2 aromatic rings. The van der Waals surface area contributed by atoms with E-state index in [1.54, 1.807) is 12.4 Å². The number of aryl methyl sites for hydroxylation is 1. The molecule has 0 bridgehead atoms. The van der Waals surface area contributed by atoms with Gasteiger partial charge in [0, 0.05) is 12.4 Å². The topological polar surface area (TPSA) is 52.1 Å². The number of hydrogen-bond acceptors (Lipinski definition) is 4. The largest absolute Gasteiger partial charge is 0.421 e. The summed E-state index contributed by atoms with van der Waals surface area (Å²) in [6.07, 6.45) is 19.9. The van der Waals surface area contributed by atoms with E-state index >= 15 is 0 Å². The Balaban J connectivity index is 1.64. The molecule has 0 aliphatic carbocycles. The molecule has 1 unspecified atom stereocenters. The number of aromatic nitrogens is 2. The second kappa shape index (κ2) is 15.6. The van der Waals surface area contributed by atoms with E-state index in [1.165, 1.54) is 63.4 Å². The van der Waals surface area contributed by atoms with Crippen LogP contribution in [0.4, 0.5) is 0 Å². The van der Waals surface area contributed by atoms with Gasteiger partial charge in [-0.2, -0.15) is 0 Å². The van der Waals surface area contributed by atoms with E-state index in [4.69, 9.17) is 4.74 Å². The fourth-order valence-corrected chi connectivity index (χ4v) is 3.80. The summed E-state index contributed by atoms with van der Waals surface area (Å²) in [6, 6.07) is 7.72. The summed E-state index contributed by atoms with van der Waals surface area (Å²) >= 11 is 0. The number of ether oxygens (including phenoxy) is 1. The zero-order valence-electron chi connectivity index (χ0n) is 20.4. The second-order valence-electron chi connectivity index (χ2n) is 9.10. The molecule has 0 aliphatic rings. The molecule has 0 N–H and O–H groups in total. The molecule has 2 rings (SSSR count). The molecule has 0 radical (unpaired) electrons. The van der Waals surface area contributed by atoms with E-state index in [0.717, 1.165) is 31.2 Å². The minimum atomic E-state index is -0.509. The molecule has 1 aromatic heterocycles. The fourth-order valence-electron chi connectivity index (χ4n) is 3.80. The lowest BCUT2D eigenvalue weighted by Gasteiger charge is -2.09. The van der Waals surface area contributed by atoms with Crippen molar-refractivity contribution in [1.29, 1.82) is 0 Å². The molecular weight excluding hydrogens is 396 g/mol. The van der Waals surface area contributed by atoms with Crippen molar-refractivity contribution in [3.05, 3.63) is 53.6 Å². The highest BCUT2D eigenvalue weighted by Crippen LogP contribution is 2.17. The van der Waals surface area contributed by atoms with Crippen molar-refractivity contribution in [2.24, 2.45) is 5.92 Å². The van der Waals surface area contributed by atoms with Gasteiger partial charge in [-0.3, -0.25) is 0 Å². The summed E-state index contributed by atoms with van der Waals surface area (Å²) in [4.78, 5) is 20.8. The quantitative estimate of drug-likeness (QED) is 0.153. The highest BCUT2D eigenvalue weighted by Gasteiger charge is 2.12. The molecule has 0 fully saturated rings. The van der Waals surface area contributed by atoms with Gasteiger partial charge in [0.15, 0.2) is 0 Å². The molecule has 0 aliphatic heterocycles. The number of nitrogens with zero attached hydrogens (tertiary/aromatic N) is 2. The molecule has 0 spiro atoms. The number of hydrogen-bond donors (Lipinski definition) is 0. The van der Waals surface area contributed by atoms with Crippen LogP contribution in [0.25, 0.3) is 0 Å². The Morgan fingerprint density at radius 3 is 1.94 bits per heavy atom. The molecule has 176 valence electrons. The highest BCUT2D eigenvalue weighted by molar-refractivity contribution is 5.86. The van der Waals surface area contributed by atoms with Crippen LogP contribution < -0.4 is 4.74 Å². The van der Waals surface area contributed by atoms with Crippen LogP contribution in [0.15, 0.2) is 36.7 Å². The van der Waals surface area contributed by atoms with Gasteiger partial charge in [-0.1, -0.05) is 97.1 Å². The standard InChI is InChI=1S/C28H42N2O2/c1-4-6-7-8-9-10-11-12-13-14-15-25-21-29-27(30-22-25)28(31)32-26-18-16-24(17-19-26)20-23(3)5-2/h16-19,21-23H,4-15,20H2,1-3H3. The number of esters is 1. The van der Waals surface area contributed by atoms with Gasteiger partial charge in [-0.25, -0.2) is 14.8 Å². The van der Waals surface area contributed by atoms with Crippen molar-refractivity contribution in [3.63, 3.8) is 0 Å². The third-order valence-electron chi connectivity index (χ3n) is 6.12. The van der Waals surface area contributed by atoms with E-state index in [9.17, 15) is 4.79 Å². The highest BCUT2D eigenvalue weighted by atomic mass is 16.5. The predicted octanol–water partition coefficient (Wildman–Crippen LogP) is 7.75. The van der Waals surface area contributed by atoms with Gasteiger partial charge in [-0.05, 0) is 48.4 Å². The molecule has 4 heteroatoms. The Morgan fingerprint density at radius 1 is 0.812 bits per heavy atom. The molecule has 1 heterocycles. The lowest BCUT2D eigenvalue weighted by atomic mass is 9.99. The van der Waals surface area contributed by atoms with E-state index in [1.807, 2.05) is 24.3 Å². The number of carbonyl (C=O) groups excluding carboxylic acids is 1. The average Bonchev–Trinajstić information content (AvgIpc) is 2.81. The molecule has 1 atom stereocenters. The monoisotopic (exact) mass is 438 g/mol. The van der Waals surface area contributed by atoms with Crippen LogP contribution in [0.5, 0.6) is 5.75 Å². The normalized spacial score (nSPS) is 12.0. The zero-order valence-corrected chi connectivity index (χ0v) is 20.4. The first-order chi connectivity index (χ1) is 15.6. The Labute approximate surface area is 195 Å². The van der Waals surface area contributed by atoms with Gasteiger partial charge in [0.1, 0.15) is 5.75 Å². The second-order valence-corrected chi connectivity index (χ2v) is 9.10. The van der Waals surface area contributed by atoms with Gasteiger partial charge >= 0.3 is 5.97 Å². The van der Waals surface area contributed by atoms with Crippen molar-refractivity contribution >= 4 is 5.97 Å². The lowest BCUT2D eigenvalue weighted by Crippen LogP contribution is -2.13. The molecule has 0 saturated carbocycles. The van der Waals surface area contributed by atoms with E-state index in [-0.39, 0.29) is 5.82 Å². The van der Waals surface area contributed by atoms with Crippen LogP contribution in [0, 0.1) is 5.92 Å². The first-order valence-electron chi connectivity index (χ1n) is 12.7. The maximum atomic E-state index is 12.3. The summed E-state index contributed by atoms with van der Waals surface area (Å²) in [5, 5.41) is 0. The van der Waals surface area contributed by atoms with Crippen LogP contribution in [-0.4, -0.2) is 15.9 Å². The van der Waals surface area contributed by atoms with Crippen molar-refractivity contribution < 1.29 is 9.53 Å². The van der Waals surface area contributed by atoms with E-state index < -0.39 is 5.97 Å². The maximum absolute atomic E-state index is 12.3. The van der Waals surface area contributed by atoms with E-state index in [2.05, 4.69) is 30.7 Å². The number of carbonyl (C=O) groups is 1. The zero-order chi connectivity index (χ0) is 23.0. The van der Waals surface area contributed by atoms with Crippen molar-refractivity contribution in [3.8, 4) is 5.75 Å². The Morgan fingerprint density at radius 2 is 1.38 bits per heavy atom. The molecule has 1 aromatic carbocycles. The number of benzene rings is 1. The SMILES string of the molecule is CCCCCCCCCCCCc1cnc(C(=O)Oc2ccc(CC(C)CC)cc2)nc1. The molecule has 4 nitrogen and oxygen atoms in total. The van der Waals surface area contributed by atoms with Gasteiger partial charge in [0.05, 0.1) is 0 Å². The number of rotatable bonds is 16. The van der Waals surface area contributed by atoms with Crippen LogP contribution in [0.2, 0.25) is 0 Å². The molecule has 32 heavy (non-hydrogen) atoms.